The molecule has 1 rings (SSSR count). The fourth-order valence-corrected chi connectivity index (χ4v) is 4.39. The summed E-state index contributed by atoms with van der Waals surface area (Å²) in [6.07, 6.45) is 14.0. The predicted molar refractivity (Wildman–Crippen MR) is 134 cm³/mol. The van der Waals surface area contributed by atoms with Crippen molar-refractivity contribution in [2.24, 2.45) is 5.41 Å². The van der Waals surface area contributed by atoms with E-state index in [4.69, 9.17) is 19.7 Å². The number of aliphatic hydroxyl groups excluding tert-OH is 2. The molecule has 7 nitrogen and oxygen atoms in total. The molecule has 1 unspecified atom stereocenters. The van der Waals surface area contributed by atoms with Gasteiger partial charge in [0, 0.05) is 6.42 Å². The molecule has 200 valence electrons. The van der Waals surface area contributed by atoms with E-state index in [1.165, 1.54) is 51.4 Å². The predicted octanol–water partition coefficient (Wildman–Crippen LogP) is 4.62. The molecular formula is C27H51NO6. The molecule has 7 heteroatoms. The van der Waals surface area contributed by atoms with Crippen LogP contribution < -0.4 is 0 Å². The topological polar surface area (TPSA) is 96.3 Å². The van der Waals surface area contributed by atoms with Crippen molar-refractivity contribution in [3.05, 3.63) is 0 Å². The van der Waals surface area contributed by atoms with Crippen molar-refractivity contribution in [3.8, 4) is 0 Å². The number of unbranched alkanes of at least 4 members (excludes halogenated alkanes) is 9. The van der Waals surface area contributed by atoms with Crippen LogP contribution in [0.3, 0.4) is 0 Å². The van der Waals surface area contributed by atoms with Gasteiger partial charge in [-0.05, 0) is 59.2 Å². The number of ether oxygens (including phenoxy) is 2. The number of hydrogen-bond acceptors (Lipinski definition) is 7. The molecule has 0 amide bonds. The van der Waals surface area contributed by atoms with Crippen LogP contribution in [-0.4, -0.2) is 72.6 Å². The molecule has 0 aromatic carbocycles. The van der Waals surface area contributed by atoms with Gasteiger partial charge >= 0.3 is 11.9 Å². The summed E-state index contributed by atoms with van der Waals surface area (Å²) in [5.41, 5.74) is -0.470. The van der Waals surface area contributed by atoms with E-state index >= 15 is 0 Å². The zero-order chi connectivity index (χ0) is 25.2. The highest BCUT2D eigenvalue weighted by atomic mass is 16.6. The highest BCUT2D eigenvalue weighted by Gasteiger charge is 2.38. The van der Waals surface area contributed by atoms with Crippen LogP contribution in [0.5, 0.6) is 0 Å². The van der Waals surface area contributed by atoms with Gasteiger partial charge in [-0.3, -0.25) is 9.59 Å². The molecular weight excluding hydrogens is 434 g/mol. The van der Waals surface area contributed by atoms with Crippen molar-refractivity contribution in [2.45, 2.75) is 122 Å². The van der Waals surface area contributed by atoms with E-state index in [-0.39, 0.29) is 18.5 Å². The van der Waals surface area contributed by atoms with Crippen molar-refractivity contribution >= 4 is 11.9 Å². The summed E-state index contributed by atoms with van der Waals surface area (Å²) < 4.78 is 11.0. The van der Waals surface area contributed by atoms with Gasteiger partial charge in [0.15, 0.2) is 0 Å². The molecule has 0 aromatic rings. The van der Waals surface area contributed by atoms with E-state index in [1.54, 1.807) is 0 Å². The Bertz CT molecular complexity index is 543. The van der Waals surface area contributed by atoms with E-state index in [2.05, 4.69) is 18.9 Å². The average molecular weight is 486 g/mol. The second-order valence-electron chi connectivity index (χ2n) is 10.4. The number of esters is 2. The Morgan fingerprint density at radius 2 is 1.35 bits per heavy atom. The van der Waals surface area contributed by atoms with Crippen molar-refractivity contribution < 1.29 is 29.3 Å². The van der Waals surface area contributed by atoms with Gasteiger partial charge in [-0.2, -0.15) is 0 Å². The molecule has 1 saturated heterocycles. The molecule has 0 bridgehead atoms. The largest absolute Gasteiger partial charge is 0.462 e. The summed E-state index contributed by atoms with van der Waals surface area (Å²) in [5, 5.41) is 18.2. The minimum absolute atomic E-state index is 0.103. The molecule has 2 N–H and O–H groups in total. The maximum atomic E-state index is 13.0. The number of nitrogens with zero attached hydrogens (tertiary/aromatic N) is 1. The highest BCUT2D eigenvalue weighted by Crippen LogP contribution is 2.33. The Morgan fingerprint density at radius 3 is 1.88 bits per heavy atom. The lowest BCUT2D eigenvalue weighted by atomic mass is 9.80. The molecule has 0 saturated carbocycles. The molecule has 1 aliphatic rings. The van der Waals surface area contributed by atoms with E-state index in [0.717, 1.165) is 45.2 Å². The summed E-state index contributed by atoms with van der Waals surface area (Å²) in [6, 6.07) is 0. The lowest BCUT2D eigenvalue weighted by Gasteiger charge is -2.36. The first-order valence-corrected chi connectivity index (χ1v) is 13.7. The molecule has 1 fully saturated rings. The van der Waals surface area contributed by atoms with Crippen molar-refractivity contribution in [1.29, 1.82) is 0 Å². The van der Waals surface area contributed by atoms with Gasteiger partial charge in [-0.25, -0.2) is 0 Å². The summed E-state index contributed by atoms with van der Waals surface area (Å²) in [5.74, 6) is -0.641. The van der Waals surface area contributed by atoms with Crippen LogP contribution in [0.15, 0.2) is 0 Å². The summed E-state index contributed by atoms with van der Waals surface area (Å²) >= 11 is 0. The van der Waals surface area contributed by atoms with Crippen LogP contribution in [-0.2, 0) is 19.1 Å². The third-order valence-electron chi connectivity index (χ3n) is 7.11. The minimum atomic E-state index is -0.895. The first-order chi connectivity index (χ1) is 16.3. The number of carbonyl (C=O) groups is 2. The van der Waals surface area contributed by atoms with Gasteiger partial charge < -0.3 is 24.6 Å². The molecule has 0 radical (unpaired) electrons. The third kappa shape index (κ3) is 13.1. The Hall–Kier alpha value is -1.18. The number of aliphatic hydroxyl groups is 2. The lowest BCUT2D eigenvalue weighted by molar-refractivity contribution is -0.166. The number of rotatable bonds is 19. The van der Waals surface area contributed by atoms with Crippen molar-refractivity contribution in [2.75, 3.05) is 33.4 Å². The number of likely N-dealkylation sites (tertiary alicyclic amines) is 1. The van der Waals surface area contributed by atoms with Crippen LogP contribution >= 0.6 is 0 Å². The molecule has 1 atom stereocenters. The standard InChI is InChI=1S/C27H51NO6/c1-4-5-6-7-8-9-10-11-12-13-14-23(15-16-25(31)33-24(21-29)22-30)34-26(32)27(2)17-19-28(3)20-18-27/h23-24,29-30H,4-22H2,1-3H3. The molecule has 1 aliphatic heterocycles. The zero-order valence-electron chi connectivity index (χ0n) is 22.1. The Labute approximate surface area is 207 Å². The zero-order valence-corrected chi connectivity index (χ0v) is 22.1. The smallest absolute Gasteiger partial charge is 0.312 e. The number of hydrogen-bond donors (Lipinski definition) is 2. The maximum absolute atomic E-state index is 13.0. The Balaban J connectivity index is 2.45. The van der Waals surface area contributed by atoms with Gasteiger partial charge in [0.2, 0.25) is 0 Å². The van der Waals surface area contributed by atoms with Crippen molar-refractivity contribution in [1.82, 2.24) is 4.90 Å². The van der Waals surface area contributed by atoms with Crippen LogP contribution in [0.25, 0.3) is 0 Å². The van der Waals surface area contributed by atoms with Gasteiger partial charge in [0.25, 0.3) is 0 Å². The van der Waals surface area contributed by atoms with Crippen LogP contribution in [0, 0.1) is 5.41 Å². The fourth-order valence-electron chi connectivity index (χ4n) is 4.39. The maximum Gasteiger partial charge on any atom is 0.312 e. The van der Waals surface area contributed by atoms with E-state index in [1.807, 2.05) is 6.92 Å². The molecule has 0 spiro atoms. The average Bonchev–Trinajstić information content (AvgIpc) is 2.83. The van der Waals surface area contributed by atoms with Crippen LogP contribution in [0.1, 0.15) is 110 Å². The Morgan fingerprint density at radius 1 is 0.824 bits per heavy atom. The van der Waals surface area contributed by atoms with Crippen LogP contribution in [0.2, 0.25) is 0 Å². The van der Waals surface area contributed by atoms with E-state index in [0.29, 0.717) is 6.42 Å². The summed E-state index contributed by atoms with van der Waals surface area (Å²) in [4.78, 5) is 27.4. The third-order valence-corrected chi connectivity index (χ3v) is 7.11. The highest BCUT2D eigenvalue weighted by molar-refractivity contribution is 5.77. The first-order valence-electron chi connectivity index (χ1n) is 13.7. The number of piperidine rings is 1. The lowest BCUT2D eigenvalue weighted by Crippen LogP contribution is -2.43. The van der Waals surface area contributed by atoms with Gasteiger partial charge in [-0.1, -0.05) is 64.7 Å². The van der Waals surface area contributed by atoms with Crippen molar-refractivity contribution in [3.63, 3.8) is 0 Å². The normalized spacial score (nSPS) is 17.0. The van der Waals surface area contributed by atoms with Gasteiger partial charge in [0.1, 0.15) is 12.2 Å². The van der Waals surface area contributed by atoms with Gasteiger partial charge in [0.05, 0.1) is 18.6 Å². The van der Waals surface area contributed by atoms with Crippen LogP contribution in [0.4, 0.5) is 0 Å². The second kappa shape index (κ2) is 18.1. The summed E-state index contributed by atoms with van der Waals surface area (Å²) in [7, 11) is 2.07. The first kappa shape index (κ1) is 30.9. The molecule has 1 heterocycles. The summed E-state index contributed by atoms with van der Waals surface area (Å²) in [6.45, 7) is 5.16. The van der Waals surface area contributed by atoms with E-state index < -0.39 is 30.7 Å². The molecule has 34 heavy (non-hydrogen) atoms. The SMILES string of the molecule is CCCCCCCCCCCCC(CCC(=O)OC(CO)CO)OC(=O)C1(C)CCN(C)CC1. The fraction of sp³-hybridized carbons (Fsp3) is 0.926. The van der Waals surface area contributed by atoms with Gasteiger partial charge in [-0.15, -0.1) is 0 Å². The Kier molecular flexibility index (Phi) is 16.5. The minimum Gasteiger partial charge on any atom is -0.462 e. The monoisotopic (exact) mass is 485 g/mol. The van der Waals surface area contributed by atoms with E-state index in [9.17, 15) is 9.59 Å². The molecule has 0 aliphatic carbocycles. The second-order valence-corrected chi connectivity index (χ2v) is 10.4. The quantitative estimate of drug-likeness (QED) is 0.204. The molecule has 0 aromatic heterocycles. The number of carbonyl (C=O) groups excluding carboxylic acids is 2.